The quantitative estimate of drug-likeness (QED) is 0.754. The van der Waals surface area contributed by atoms with Gasteiger partial charge in [-0.25, -0.2) is 0 Å². The monoisotopic (exact) mass is 368 g/mol. The Kier molecular flexibility index (Phi) is 6.71. The largest absolute Gasteiger partial charge is 0.492 e. The number of hydrogen-bond donors (Lipinski definition) is 0. The normalized spacial score (nSPS) is 14.8. The van der Waals surface area contributed by atoms with Gasteiger partial charge in [-0.05, 0) is 37.6 Å². The third-order valence-electron chi connectivity index (χ3n) is 4.87. The highest BCUT2D eigenvalue weighted by Crippen LogP contribution is 2.16. The highest BCUT2D eigenvalue weighted by Gasteiger charge is 2.21. The first kappa shape index (κ1) is 19.2. The number of ether oxygens (including phenoxy) is 2. The van der Waals surface area contributed by atoms with Crippen LogP contribution < -0.4 is 9.47 Å². The fraction of sp³-hybridized carbons (Fsp3) is 0.409. The summed E-state index contributed by atoms with van der Waals surface area (Å²) >= 11 is 0. The molecule has 0 spiro atoms. The molecule has 1 fully saturated rings. The summed E-state index contributed by atoms with van der Waals surface area (Å²) in [5, 5.41) is 0. The molecule has 3 rings (SSSR count). The van der Waals surface area contributed by atoms with Crippen molar-refractivity contribution in [2.24, 2.45) is 0 Å². The van der Waals surface area contributed by atoms with Gasteiger partial charge >= 0.3 is 0 Å². The van der Waals surface area contributed by atoms with Gasteiger partial charge in [0.05, 0.1) is 0 Å². The van der Waals surface area contributed by atoms with Gasteiger partial charge in [-0.15, -0.1) is 0 Å². The van der Waals surface area contributed by atoms with Crippen LogP contribution in [-0.2, 0) is 4.79 Å². The van der Waals surface area contributed by atoms with E-state index >= 15 is 0 Å². The molecule has 1 saturated heterocycles. The van der Waals surface area contributed by atoms with Crippen LogP contribution in [0.25, 0.3) is 0 Å². The molecule has 5 heteroatoms. The first-order chi connectivity index (χ1) is 13.1. The predicted octanol–water partition coefficient (Wildman–Crippen LogP) is 2.91. The minimum atomic E-state index is 0.0476. The molecule has 1 amide bonds. The maximum Gasteiger partial charge on any atom is 0.260 e. The number of carbonyl (C=O) groups is 1. The number of para-hydroxylation sites is 1. The second kappa shape index (κ2) is 9.42. The molecular formula is C22H28N2O3. The van der Waals surface area contributed by atoms with E-state index in [1.54, 1.807) is 0 Å². The number of carbonyl (C=O) groups excluding carboxylic acids is 1. The Bertz CT molecular complexity index is 737. The van der Waals surface area contributed by atoms with Crippen molar-refractivity contribution in [2.45, 2.75) is 13.8 Å². The molecule has 27 heavy (non-hydrogen) atoms. The molecule has 0 atom stereocenters. The molecule has 0 unspecified atom stereocenters. The summed E-state index contributed by atoms with van der Waals surface area (Å²) in [4.78, 5) is 16.6. The molecule has 2 aromatic rings. The van der Waals surface area contributed by atoms with Crippen LogP contribution in [0.5, 0.6) is 11.5 Å². The molecule has 0 radical (unpaired) electrons. The van der Waals surface area contributed by atoms with Crippen molar-refractivity contribution in [1.29, 1.82) is 0 Å². The lowest BCUT2D eigenvalue weighted by molar-refractivity contribution is -0.135. The average molecular weight is 368 g/mol. The van der Waals surface area contributed by atoms with Gasteiger partial charge in [-0.3, -0.25) is 9.69 Å². The van der Waals surface area contributed by atoms with Crippen molar-refractivity contribution in [3.05, 3.63) is 59.7 Å². The van der Waals surface area contributed by atoms with Crippen LogP contribution in [0, 0.1) is 13.8 Å². The van der Waals surface area contributed by atoms with Gasteiger partial charge in [0, 0.05) is 32.7 Å². The summed E-state index contributed by atoms with van der Waals surface area (Å²) in [6.45, 7) is 8.92. The summed E-state index contributed by atoms with van der Waals surface area (Å²) in [5.41, 5.74) is 2.33. The van der Waals surface area contributed by atoms with E-state index in [4.69, 9.17) is 9.47 Å². The van der Waals surface area contributed by atoms with Crippen LogP contribution in [0.3, 0.4) is 0 Å². The van der Waals surface area contributed by atoms with Crippen molar-refractivity contribution < 1.29 is 14.3 Å². The Morgan fingerprint density at radius 2 is 1.63 bits per heavy atom. The number of amides is 1. The van der Waals surface area contributed by atoms with Crippen molar-refractivity contribution in [3.63, 3.8) is 0 Å². The van der Waals surface area contributed by atoms with Crippen LogP contribution in [0.4, 0.5) is 0 Å². The van der Waals surface area contributed by atoms with E-state index < -0.39 is 0 Å². The fourth-order valence-corrected chi connectivity index (χ4v) is 3.09. The molecular weight excluding hydrogens is 340 g/mol. The summed E-state index contributed by atoms with van der Waals surface area (Å²) in [7, 11) is 0. The zero-order chi connectivity index (χ0) is 19.1. The van der Waals surface area contributed by atoms with Crippen LogP contribution in [-0.4, -0.2) is 61.6 Å². The Balaban J connectivity index is 1.35. The predicted molar refractivity (Wildman–Crippen MR) is 106 cm³/mol. The van der Waals surface area contributed by atoms with Crippen LogP contribution in [0.2, 0.25) is 0 Å². The molecule has 0 N–H and O–H groups in total. The van der Waals surface area contributed by atoms with Crippen molar-refractivity contribution in [2.75, 3.05) is 45.9 Å². The SMILES string of the molecule is Cc1ccc(OCC(=O)N2CCN(CCOc3ccccc3C)CC2)cc1. The molecule has 0 aliphatic carbocycles. The second-order valence-corrected chi connectivity index (χ2v) is 6.94. The summed E-state index contributed by atoms with van der Waals surface area (Å²) < 4.78 is 11.5. The Labute approximate surface area is 161 Å². The van der Waals surface area contributed by atoms with E-state index in [1.807, 2.05) is 54.3 Å². The highest BCUT2D eigenvalue weighted by atomic mass is 16.5. The van der Waals surface area contributed by atoms with Gasteiger partial charge in [0.15, 0.2) is 6.61 Å². The van der Waals surface area contributed by atoms with Crippen LogP contribution >= 0.6 is 0 Å². The number of aryl methyl sites for hydroxylation is 2. The molecule has 144 valence electrons. The van der Waals surface area contributed by atoms with Gasteiger partial charge in [-0.2, -0.15) is 0 Å². The highest BCUT2D eigenvalue weighted by molar-refractivity contribution is 5.77. The number of rotatable bonds is 7. The lowest BCUT2D eigenvalue weighted by Gasteiger charge is -2.34. The number of benzene rings is 2. The lowest BCUT2D eigenvalue weighted by Crippen LogP contribution is -2.50. The van der Waals surface area contributed by atoms with E-state index in [0.29, 0.717) is 6.61 Å². The maximum atomic E-state index is 12.3. The Morgan fingerprint density at radius 1 is 0.926 bits per heavy atom. The molecule has 0 aromatic heterocycles. The fourth-order valence-electron chi connectivity index (χ4n) is 3.09. The average Bonchev–Trinajstić information content (AvgIpc) is 2.69. The Morgan fingerprint density at radius 3 is 2.33 bits per heavy atom. The first-order valence-electron chi connectivity index (χ1n) is 9.50. The smallest absolute Gasteiger partial charge is 0.260 e. The first-order valence-corrected chi connectivity index (χ1v) is 9.50. The minimum absolute atomic E-state index is 0.0476. The summed E-state index contributed by atoms with van der Waals surface area (Å²) in [6.07, 6.45) is 0. The number of piperazine rings is 1. The van der Waals surface area contributed by atoms with Gasteiger partial charge in [0.2, 0.25) is 0 Å². The van der Waals surface area contributed by atoms with E-state index in [-0.39, 0.29) is 12.5 Å². The van der Waals surface area contributed by atoms with Crippen molar-refractivity contribution in [3.8, 4) is 11.5 Å². The Hall–Kier alpha value is -2.53. The number of hydrogen-bond acceptors (Lipinski definition) is 4. The second-order valence-electron chi connectivity index (χ2n) is 6.94. The van der Waals surface area contributed by atoms with E-state index in [9.17, 15) is 4.79 Å². The van der Waals surface area contributed by atoms with E-state index in [1.165, 1.54) is 5.56 Å². The van der Waals surface area contributed by atoms with Gasteiger partial charge in [-0.1, -0.05) is 35.9 Å². The van der Waals surface area contributed by atoms with Gasteiger partial charge in [0.25, 0.3) is 5.91 Å². The summed E-state index contributed by atoms with van der Waals surface area (Å²) in [5.74, 6) is 1.73. The minimum Gasteiger partial charge on any atom is -0.492 e. The topological polar surface area (TPSA) is 42.0 Å². The molecule has 2 aromatic carbocycles. The lowest BCUT2D eigenvalue weighted by atomic mass is 10.2. The molecule has 5 nitrogen and oxygen atoms in total. The summed E-state index contributed by atoms with van der Waals surface area (Å²) in [6, 6.07) is 15.8. The van der Waals surface area contributed by atoms with Crippen LogP contribution in [0.1, 0.15) is 11.1 Å². The molecule has 1 aliphatic rings. The molecule has 0 saturated carbocycles. The zero-order valence-corrected chi connectivity index (χ0v) is 16.2. The van der Waals surface area contributed by atoms with Crippen LogP contribution in [0.15, 0.2) is 48.5 Å². The van der Waals surface area contributed by atoms with E-state index in [2.05, 4.69) is 17.9 Å². The maximum absolute atomic E-state index is 12.3. The van der Waals surface area contributed by atoms with Crippen molar-refractivity contribution in [1.82, 2.24) is 9.80 Å². The zero-order valence-electron chi connectivity index (χ0n) is 16.2. The third-order valence-corrected chi connectivity index (χ3v) is 4.87. The van der Waals surface area contributed by atoms with Crippen molar-refractivity contribution >= 4 is 5.91 Å². The van der Waals surface area contributed by atoms with E-state index in [0.717, 1.165) is 49.8 Å². The molecule has 1 aliphatic heterocycles. The molecule has 0 bridgehead atoms. The van der Waals surface area contributed by atoms with Gasteiger partial charge < -0.3 is 14.4 Å². The standard InChI is InChI=1S/C22H28N2O3/c1-18-7-9-20(10-8-18)27-17-22(25)24-13-11-23(12-14-24)15-16-26-21-6-4-3-5-19(21)2/h3-10H,11-17H2,1-2H3. The number of nitrogens with zero attached hydrogens (tertiary/aromatic N) is 2. The molecule has 1 heterocycles. The third kappa shape index (κ3) is 5.73. The van der Waals surface area contributed by atoms with Gasteiger partial charge in [0.1, 0.15) is 18.1 Å².